The first kappa shape index (κ1) is 15.8. The fraction of sp³-hybridized carbons (Fsp3) is 0.611. The summed E-state index contributed by atoms with van der Waals surface area (Å²) >= 11 is 5.95. The highest BCUT2D eigenvalue weighted by Crippen LogP contribution is 2.28. The Morgan fingerprint density at radius 3 is 2.86 bits per heavy atom. The molecule has 1 N–H and O–H groups in total. The van der Waals surface area contributed by atoms with Crippen LogP contribution in [0.1, 0.15) is 37.7 Å². The van der Waals surface area contributed by atoms with Crippen LogP contribution in [0.5, 0.6) is 0 Å². The summed E-state index contributed by atoms with van der Waals surface area (Å²) in [4.78, 5) is 14.7. The van der Waals surface area contributed by atoms with E-state index in [1.807, 2.05) is 24.3 Å². The van der Waals surface area contributed by atoms with Gasteiger partial charge in [-0.2, -0.15) is 0 Å². The third-order valence-electron chi connectivity index (χ3n) is 5.00. The maximum atomic E-state index is 12.1. The molecule has 1 saturated heterocycles. The van der Waals surface area contributed by atoms with Crippen LogP contribution in [0.25, 0.3) is 0 Å². The Morgan fingerprint density at radius 1 is 1.27 bits per heavy atom. The predicted molar refractivity (Wildman–Crippen MR) is 90.1 cm³/mol. The van der Waals surface area contributed by atoms with Crippen LogP contribution in [0.2, 0.25) is 5.02 Å². The third-order valence-corrected chi connectivity index (χ3v) is 5.24. The Balaban J connectivity index is 1.40. The molecule has 4 heteroatoms. The molecule has 1 amide bonds. The number of carbonyl (C=O) groups excluding carboxylic acids is 1. The van der Waals surface area contributed by atoms with Crippen molar-refractivity contribution in [3.63, 3.8) is 0 Å². The largest absolute Gasteiger partial charge is 0.355 e. The van der Waals surface area contributed by atoms with Crippen LogP contribution in [0.4, 0.5) is 0 Å². The van der Waals surface area contributed by atoms with Gasteiger partial charge in [-0.3, -0.25) is 4.79 Å². The second-order valence-electron chi connectivity index (χ2n) is 6.70. The summed E-state index contributed by atoms with van der Waals surface area (Å²) in [5, 5.41) is 3.78. The fourth-order valence-corrected chi connectivity index (χ4v) is 4.00. The SMILES string of the molecule is O=C(Cc1cccc(Cl)c1)NCC1CCN(C2CCCC2)C1. The molecule has 2 fully saturated rings. The number of benzene rings is 1. The van der Waals surface area contributed by atoms with Crippen LogP contribution in [0, 0.1) is 5.92 Å². The van der Waals surface area contributed by atoms with Gasteiger partial charge in [0.15, 0.2) is 0 Å². The van der Waals surface area contributed by atoms with Gasteiger partial charge in [-0.1, -0.05) is 36.6 Å². The van der Waals surface area contributed by atoms with Gasteiger partial charge in [0.2, 0.25) is 5.91 Å². The molecule has 0 aromatic heterocycles. The van der Waals surface area contributed by atoms with E-state index >= 15 is 0 Å². The number of likely N-dealkylation sites (tertiary alicyclic amines) is 1. The highest BCUT2D eigenvalue weighted by Gasteiger charge is 2.29. The molecule has 1 unspecified atom stereocenters. The van der Waals surface area contributed by atoms with Crippen molar-refractivity contribution in [1.82, 2.24) is 10.2 Å². The van der Waals surface area contributed by atoms with Crippen LogP contribution in [0.3, 0.4) is 0 Å². The molecule has 2 aliphatic rings. The number of amides is 1. The lowest BCUT2D eigenvalue weighted by Gasteiger charge is -2.23. The maximum absolute atomic E-state index is 12.1. The summed E-state index contributed by atoms with van der Waals surface area (Å²) in [6.07, 6.45) is 7.15. The third kappa shape index (κ3) is 4.23. The zero-order valence-electron chi connectivity index (χ0n) is 13.1. The molecule has 3 rings (SSSR count). The van der Waals surface area contributed by atoms with Gasteiger partial charge in [0, 0.05) is 24.2 Å². The van der Waals surface area contributed by atoms with Gasteiger partial charge in [-0.25, -0.2) is 0 Å². The molecular weight excluding hydrogens is 296 g/mol. The van der Waals surface area contributed by atoms with Gasteiger partial charge in [0.1, 0.15) is 0 Å². The lowest BCUT2D eigenvalue weighted by atomic mass is 10.1. The summed E-state index contributed by atoms with van der Waals surface area (Å²) in [5.74, 6) is 0.713. The van der Waals surface area contributed by atoms with E-state index in [1.165, 1.54) is 38.6 Å². The molecule has 22 heavy (non-hydrogen) atoms. The van der Waals surface area contributed by atoms with Crippen molar-refractivity contribution in [2.24, 2.45) is 5.92 Å². The van der Waals surface area contributed by atoms with E-state index in [2.05, 4.69) is 10.2 Å². The Morgan fingerprint density at radius 2 is 2.09 bits per heavy atom. The van der Waals surface area contributed by atoms with Crippen molar-refractivity contribution in [2.75, 3.05) is 19.6 Å². The number of rotatable bonds is 5. The van der Waals surface area contributed by atoms with Crippen molar-refractivity contribution in [2.45, 2.75) is 44.6 Å². The van der Waals surface area contributed by atoms with Gasteiger partial charge >= 0.3 is 0 Å². The summed E-state index contributed by atoms with van der Waals surface area (Å²) in [6, 6.07) is 8.34. The van der Waals surface area contributed by atoms with Gasteiger partial charge in [0.05, 0.1) is 6.42 Å². The van der Waals surface area contributed by atoms with Crippen molar-refractivity contribution in [1.29, 1.82) is 0 Å². The summed E-state index contributed by atoms with van der Waals surface area (Å²) in [7, 11) is 0. The smallest absolute Gasteiger partial charge is 0.224 e. The van der Waals surface area contributed by atoms with Crippen molar-refractivity contribution in [3.05, 3.63) is 34.9 Å². The van der Waals surface area contributed by atoms with Crippen LogP contribution >= 0.6 is 11.6 Å². The molecule has 1 aliphatic carbocycles. The average Bonchev–Trinajstić information content (AvgIpc) is 3.16. The Labute approximate surface area is 138 Å². The number of hydrogen-bond donors (Lipinski definition) is 1. The minimum absolute atomic E-state index is 0.0987. The lowest BCUT2D eigenvalue weighted by Crippen LogP contribution is -2.34. The van der Waals surface area contributed by atoms with E-state index in [0.29, 0.717) is 17.4 Å². The summed E-state index contributed by atoms with van der Waals surface area (Å²) in [6.45, 7) is 3.17. The molecule has 1 aromatic rings. The van der Waals surface area contributed by atoms with E-state index in [1.54, 1.807) is 0 Å². The molecule has 1 aliphatic heterocycles. The van der Waals surface area contributed by atoms with Crippen LogP contribution in [-0.2, 0) is 11.2 Å². The molecule has 0 bridgehead atoms. The minimum atomic E-state index is 0.0987. The molecular formula is C18H25ClN2O. The molecule has 0 radical (unpaired) electrons. The predicted octanol–water partition coefficient (Wildman–Crippen LogP) is 3.26. The quantitative estimate of drug-likeness (QED) is 0.903. The highest BCUT2D eigenvalue weighted by atomic mass is 35.5. The lowest BCUT2D eigenvalue weighted by molar-refractivity contribution is -0.120. The van der Waals surface area contributed by atoms with Gasteiger partial charge in [-0.05, 0) is 49.4 Å². The second-order valence-corrected chi connectivity index (χ2v) is 7.14. The number of hydrogen-bond acceptors (Lipinski definition) is 2. The van der Waals surface area contributed by atoms with E-state index in [0.717, 1.165) is 24.7 Å². The van der Waals surface area contributed by atoms with E-state index in [9.17, 15) is 4.79 Å². The Bertz CT molecular complexity index is 514. The zero-order valence-corrected chi connectivity index (χ0v) is 13.8. The van der Waals surface area contributed by atoms with Gasteiger partial charge in [0.25, 0.3) is 0 Å². The van der Waals surface area contributed by atoms with Crippen LogP contribution < -0.4 is 5.32 Å². The number of carbonyl (C=O) groups is 1. The highest BCUT2D eigenvalue weighted by molar-refractivity contribution is 6.30. The molecule has 1 atom stereocenters. The number of nitrogens with zero attached hydrogens (tertiary/aromatic N) is 1. The molecule has 1 aromatic carbocycles. The van der Waals surface area contributed by atoms with Crippen LogP contribution in [0.15, 0.2) is 24.3 Å². The van der Waals surface area contributed by atoms with E-state index in [-0.39, 0.29) is 5.91 Å². The monoisotopic (exact) mass is 320 g/mol. The minimum Gasteiger partial charge on any atom is -0.355 e. The first-order valence-electron chi connectivity index (χ1n) is 8.46. The van der Waals surface area contributed by atoms with E-state index in [4.69, 9.17) is 11.6 Å². The standard InChI is InChI=1S/C18H25ClN2O/c19-16-5-3-4-14(10-16)11-18(22)20-12-15-8-9-21(13-15)17-6-1-2-7-17/h3-5,10,15,17H,1-2,6-9,11-13H2,(H,20,22). The van der Waals surface area contributed by atoms with Crippen LogP contribution in [-0.4, -0.2) is 36.5 Å². The first-order valence-corrected chi connectivity index (χ1v) is 8.83. The van der Waals surface area contributed by atoms with Crippen molar-refractivity contribution in [3.8, 4) is 0 Å². The molecule has 1 saturated carbocycles. The first-order chi connectivity index (χ1) is 10.7. The zero-order chi connectivity index (χ0) is 15.4. The van der Waals surface area contributed by atoms with Crippen molar-refractivity contribution >= 4 is 17.5 Å². The average molecular weight is 321 g/mol. The maximum Gasteiger partial charge on any atom is 0.224 e. The second kappa shape index (κ2) is 7.47. The normalized spacial score (nSPS) is 23.0. The Kier molecular flexibility index (Phi) is 5.37. The fourth-order valence-electron chi connectivity index (χ4n) is 3.78. The molecule has 1 heterocycles. The van der Waals surface area contributed by atoms with E-state index < -0.39 is 0 Å². The van der Waals surface area contributed by atoms with Gasteiger partial charge in [-0.15, -0.1) is 0 Å². The Hall–Kier alpha value is -1.06. The van der Waals surface area contributed by atoms with Crippen molar-refractivity contribution < 1.29 is 4.79 Å². The molecule has 3 nitrogen and oxygen atoms in total. The number of nitrogens with one attached hydrogen (secondary N) is 1. The molecule has 120 valence electrons. The summed E-state index contributed by atoms with van der Waals surface area (Å²) in [5.41, 5.74) is 0.976. The molecule has 0 spiro atoms. The van der Waals surface area contributed by atoms with Gasteiger partial charge < -0.3 is 10.2 Å². The topological polar surface area (TPSA) is 32.3 Å². The number of halogens is 1. The summed E-state index contributed by atoms with van der Waals surface area (Å²) < 4.78 is 0.